The second-order valence-corrected chi connectivity index (χ2v) is 16.7. The van der Waals surface area contributed by atoms with Crippen molar-refractivity contribution in [2.45, 2.75) is 56.0 Å². The van der Waals surface area contributed by atoms with Crippen LogP contribution in [0.5, 0.6) is 0 Å². The standard InChI is InChI=1S/C32H12BF24.C15H13BrNO3/c34-25(35,36)13-1-14(26(37,38)39)6-21(5-13)33(22-7-15(27(40,41)42)2-16(8-22)28(43,44)45,23-9-17(29(46,47)48)3-18(10-23)30(49,50)51)24-11-19(31(52,53)54)4-20(12-24)32(55,56)57;16-11-20-15(19)13-8-4-5-9-17(13)10-14(18)12-6-2-1-3-7-12/h1-12H;1-9H,10-11H2/q-1;+1. The zero-order valence-electron chi connectivity index (χ0n) is 37.2. The van der Waals surface area contributed by atoms with Gasteiger partial charge in [0.05, 0.1) is 44.5 Å². The number of aromatic nitrogens is 1. The number of ketones is 1. The van der Waals surface area contributed by atoms with Gasteiger partial charge in [-0.05, 0) is 46.3 Å². The molecule has 0 atom stereocenters. The molecule has 0 aliphatic carbocycles. The molecule has 1 heterocycles. The van der Waals surface area contributed by atoms with Gasteiger partial charge in [0.25, 0.3) is 5.69 Å². The van der Waals surface area contributed by atoms with Gasteiger partial charge in [-0.15, -0.1) is 0 Å². The fourth-order valence-electron chi connectivity index (χ4n) is 7.86. The van der Waals surface area contributed by atoms with E-state index in [1.165, 1.54) is 0 Å². The van der Waals surface area contributed by atoms with E-state index in [0.29, 0.717) is 11.3 Å². The van der Waals surface area contributed by atoms with Crippen LogP contribution in [0.2, 0.25) is 0 Å². The Kier molecular flexibility index (Phi) is 17.1. The number of halogens is 25. The maximum atomic E-state index is 14.2. The molecule has 77 heavy (non-hydrogen) atoms. The molecule has 0 aliphatic rings. The molecule has 0 saturated heterocycles. The van der Waals surface area contributed by atoms with Gasteiger partial charge in [0.2, 0.25) is 12.3 Å². The number of nitrogens with zero attached hydrogens (tertiary/aromatic N) is 1. The van der Waals surface area contributed by atoms with E-state index >= 15 is 0 Å². The number of ether oxygens (including phenoxy) is 1. The molecule has 1 aromatic heterocycles. The first-order valence-corrected chi connectivity index (χ1v) is 21.8. The van der Waals surface area contributed by atoms with Crippen molar-refractivity contribution < 1.29 is 124 Å². The SMILES string of the molecule is FC(F)(F)c1cc([B-](c2cc(C(F)(F)F)cc(C(F)(F)F)c2)(c2cc(C(F)(F)F)cc(C(F)(F)F)c2)c2cc(C(F)(F)F)cc(C(F)(F)F)c2)cc(C(F)(F)F)c1.O=C(C[n+]1ccccc1C(=O)OCBr)c1ccccc1. The normalized spacial score (nSPS) is 13.2. The van der Waals surface area contributed by atoms with Crippen LogP contribution in [0.3, 0.4) is 0 Å². The predicted molar refractivity (Wildman–Crippen MR) is 227 cm³/mol. The van der Waals surface area contributed by atoms with Gasteiger partial charge < -0.3 is 4.74 Å². The number of hydrogen-bond donors (Lipinski definition) is 0. The maximum Gasteiger partial charge on any atom is 0.416 e. The Labute approximate surface area is 423 Å². The first-order chi connectivity index (χ1) is 35.0. The van der Waals surface area contributed by atoms with E-state index in [1.54, 1.807) is 41.1 Å². The lowest BCUT2D eigenvalue weighted by Crippen LogP contribution is -2.75. The van der Waals surface area contributed by atoms with Crippen LogP contribution in [0.15, 0.2) is 128 Å². The van der Waals surface area contributed by atoms with Crippen molar-refractivity contribution in [3.63, 3.8) is 0 Å². The van der Waals surface area contributed by atoms with E-state index in [4.69, 9.17) is 4.74 Å². The molecule has 30 heteroatoms. The van der Waals surface area contributed by atoms with Crippen LogP contribution in [0.1, 0.15) is 65.4 Å². The van der Waals surface area contributed by atoms with E-state index < -0.39 is 201 Å². The van der Waals surface area contributed by atoms with E-state index in [1.807, 2.05) is 18.2 Å². The van der Waals surface area contributed by atoms with Crippen LogP contribution in [0.25, 0.3) is 0 Å². The molecule has 0 spiro atoms. The highest BCUT2D eigenvalue weighted by Crippen LogP contribution is 2.41. The number of carbonyl (C=O) groups is 2. The first kappa shape index (κ1) is 61.1. The van der Waals surface area contributed by atoms with Gasteiger partial charge in [-0.25, -0.2) is 4.79 Å². The van der Waals surface area contributed by atoms with Gasteiger partial charge in [-0.3, -0.25) is 4.79 Å². The summed E-state index contributed by atoms with van der Waals surface area (Å²) in [5.74, 6) is -0.530. The van der Waals surface area contributed by atoms with Gasteiger partial charge in [0, 0.05) is 17.7 Å². The van der Waals surface area contributed by atoms with Crippen molar-refractivity contribution in [2.75, 3.05) is 5.52 Å². The molecule has 6 aromatic rings. The first-order valence-electron chi connectivity index (χ1n) is 20.6. The van der Waals surface area contributed by atoms with Crippen LogP contribution in [0, 0.1) is 0 Å². The predicted octanol–water partition coefficient (Wildman–Crippen LogP) is 13.6. The fraction of sp³-hybridized carbons (Fsp3) is 0.213. The monoisotopic (exact) mass is 1200 g/mol. The molecule has 0 bridgehead atoms. The van der Waals surface area contributed by atoms with Crippen LogP contribution in [-0.4, -0.2) is 23.4 Å². The minimum absolute atomic E-state index is 0.0605. The highest BCUT2D eigenvalue weighted by molar-refractivity contribution is 9.09. The zero-order chi connectivity index (χ0) is 58.3. The Balaban J connectivity index is 0.000000455. The Morgan fingerprint density at radius 1 is 0.390 bits per heavy atom. The molecule has 0 aliphatic heterocycles. The summed E-state index contributed by atoms with van der Waals surface area (Å²) in [4.78, 5) is 24.0. The number of esters is 1. The highest BCUT2D eigenvalue weighted by atomic mass is 79.9. The van der Waals surface area contributed by atoms with Crippen molar-refractivity contribution >= 4 is 55.7 Å². The molecule has 6 rings (SSSR count). The van der Waals surface area contributed by atoms with Crippen molar-refractivity contribution in [3.8, 4) is 0 Å². The molecule has 0 fully saturated rings. The highest BCUT2D eigenvalue weighted by Gasteiger charge is 2.47. The number of pyridine rings is 1. The molecule has 4 nitrogen and oxygen atoms in total. The lowest BCUT2D eigenvalue weighted by molar-refractivity contribution is -0.685. The molecular formula is C47H25BBrF24NO3. The number of benzene rings is 5. The van der Waals surface area contributed by atoms with Crippen LogP contribution >= 0.6 is 15.9 Å². The third-order valence-corrected chi connectivity index (χ3v) is 11.4. The van der Waals surface area contributed by atoms with E-state index in [-0.39, 0.29) is 17.8 Å². The summed E-state index contributed by atoms with van der Waals surface area (Å²) in [6.45, 7) is 0.0948. The largest absolute Gasteiger partial charge is 0.446 e. The van der Waals surface area contributed by atoms with Gasteiger partial charge in [-0.1, -0.05) is 78.9 Å². The third-order valence-electron chi connectivity index (χ3n) is 11.2. The van der Waals surface area contributed by atoms with E-state index in [9.17, 15) is 115 Å². The second kappa shape index (κ2) is 21.6. The van der Waals surface area contributed by atoms with E-state index in [0.717, 1.165) is 0 Å². The zero-order valence-corrected chi connectivity index (χ0v) is 38.8. The quantitative estimate of drug-likeness (QED) is 0.0362. The molecule has 0 amide bonds. The van der Waals surface area contributed by atoms with Gasteiger partial charge in [-0.2, -0.15) is 132 Å². The molecule has 0 saturated carbocycles. The average molecular weight is 1200 g/mol. The lowest BCUT2D eigenvalue weighted by atomic mass is 9.12. The Morgan fingerprint density at radius 3 is 0.896 bits per heavy atom. The Hall–Kier alpha value is -6.75. The second-order valence-electron chi connectivity index (χ2n) is 16.3. The average Bonchev–Trinajstić information content (AvgIpc) is 3.30. The number of alkyl halides is 25. The molecule has 0 N–H and O–H groups in total. The summed E-state index contributed by atoms with van der Waals surface area (Å²) in [5.41, 5.74) is -29.1. The van der Waals surface area contributed by atoms with Crippen molar-refractivity contribution in [3.05, 3.63) is 183 Å². The summed E-state index contributed by atoms with van der Waals surface area (Å²) in [6.07, 6.45) is -53.1. The van der Waals surface area contributed by atoms with Crippen molar-refractivity contribution in [1.82, 2.24) is 0 Å². The smallest absolute Gasteiger partial charge is 0.416 e. The third kappa shape index (κ3) is 14.4. The topological polar surface area (TPSA) is 47.2 Å². The summed E-state index contributed by atoms with van der Waals surface area (Å²) < 4.78 is 347. The summed E-state index contributed by atoms with van der Waals surface area (Å²) in [5, 5.41) is 0. The fourth-order valence-corrected chi connectivity index (χ4v) is 8.07. The molecule has 0 radical (unpaired) electrons. The van der Waals surface area contributed by atoms with E-state index in [2.05, 4.69) is 15.9 Å². The van der Waals surface area contributed by atoms with Crippen LogP contribution in [-0.2, 0) is 60.7 Å². The van der Waals surface area contributed by atoms with Gasteiger partial charge >= 0.3 is 55.4 Å². The molecule has 5 aromatic carbocycles. The lowest BCUT2D eigenvalue weighted by Gasteiger charge is -2.46. The van der Waals surface area contributed by atoms with Crippen molar-refractivity contribution in [1.29, 1.82) is 0 Å². The minimum atomic E-state index is -6.13. The number of carbonyl (C=O) groups excluding carboxylic acids is 2. The molecular weight excluding hydrogens is 1170 g/mol. The summed E-state index contributed by atoms with van der Waals surface area (Å²) in [7, 11) is 0. The van der Waals surface area contributed by atoms with Crippen molar-refractivity contribution in [2.24, 2.45) is 0 Å². The minimum Gasteiger partial charge on any atom is -0.446 e. The Morgan fingerprint density at radius 2 is 0.649 bits per heavy atom. The van der Waals surface area contributed by atoms with Crippen LogP contribution in [0.4, 0.5) is 105 Å². The number of rotatable bonds is 9. The maximum absolute atomic E-state index is 14.2. The number of hydrogen-bond acceptors (Lipinski definition) is 3. The number of Topliss-reactive ketones (excluding diaryl/α,β-unsaturated/α-hetero) is 1. The summed E-state index contributed by atoms with van der Waals surface area (Å²) >= 11 is 3.04. The Bertz CT molecular complexity index is 2680. The summed E-state index contributed by atoms with van der Waals surface area (Å²) in [6, 6.07) is 5.29. The van der Waals surface area contributed by atoms with Crippen LogP contribution < -0.4 is 26.4 Å². The molecule has 0 unspecified atom stereocenters. The van der Waals surface area contributed by atoms with Gasteiger partial charge in [0.1, 0.15) is 11.7 Å². The molecule has 414 valence electrons. The van der Waals surface area contributed by atoms with Gasteiger partial charge in [0.15, 0.2) is 6.20 Å².